The number of fused-ring (bicyclic) bond motifs is 9. The first kappa shape index (κ1) is 75.7. The molecule has 30 nitrogen and oxygen atoms in total. The lowest BCUT2D eigenvalue weighted by Crippen LogP contribution is -2.60. The monoisotopic (exact) mass is 1440 g/mol. The van der Waals surface area contributed by atoms with Gasteiger partial charge in [-0.15, -0.1) is 0 Å². The Kier molecular flexibility index (Phi) is 24.9. The number of carboxylic acid groups (broad SMARTS) is 1. The van der Waals surface area contributed by atoms with Gasteiger partial charge in [0.25, 0.3) is 0 Å². The van der Waals surface area contributed by atoms with Crippen LogP contribution in [0.25, 0.3) is 0 Å². The number of hydrogen-bond donors (Lipinski definition) is 10. The fourth-order valence-corrected chi connectivity index (χ4v) is 15.2. The number of aliphatic hydroxyl groups excluding tert-OH is 1. The third kappa shape index (κ3) is 17.6. The van der Waals surface area contributed by atoms with Crippen molar-refractivity contribution >= 4 is 94.0 Å². The van der Waals surface area contributed by atoms with Crippen LogP contribution >= 0.6 is 12.2 Å². The largest absolute Gasteiger partial charge is 0.508 e. The SMILES string of the molecule is C[C@@H]1NC(=O)[C@H]([C@@H](C)O)NC(=O)[C@@H]2CCCN2C(=O)CN(C(=O)[C@@H]2CCCN2C(=O)CCCCNC(=S)Nc2ccc3c(c2)C2(OC3=O)c3ccc(O)cc3Oc3cc(O)ccc32)CCC=CCCCCCCN(CC(N)=O)C(=O)[C@H](CCC(=O)O)NC(=O)[C@@H]2CCCN2C(=O)[C@@H]2CCCN2C1=O. The van der Waals surface area contributed by atoms with Gasteiger partial charge >= 0.3 is 11.9 Å². The van der Waals surface area contributed by atoms with E-state index in [0.29, 0.717) is 125 Å². The van der Waals surface area contributed by atoms with Gasteiger partial charge in [-0.25, -0.2) is 4.79 Å². The van der Waals surface area contributed by atoms with Crippen molar-refractivity contribution in [3.63, 3.8) is 0 Å². The van der Waals surface area contributed by atoms with Gasteiger partial charge in [0.1, 0.15) is 65.3 Å². The molecule has 554 valence electrons. The number of aliphatic hydroxyl groups is 1. The zero-order valence-corrected chi connectivity index (χ0v) is 58.8. The minimum Gasteiger partial charge on any atom is -0.508 e. The van der Waals surface area contributed by atoms with Crippen LogP contribution in [0.4, 0.5) is 5.69 Å². The summed E-state index contributed by atoms with van der Waals surface area (Å²) in [6.45, 7) is 2.91. The van der Waals surface area contributed by atoms with Crippen LogP contribution in [-0.2, 0) is 63.1 Å². The Morgan fingerprint density at radius 3 is 1.98 bits per heavy atom. The highest BCUT2D eigenvalue weighted by Crippen LogP contribution is 2.57. The molecule has 4 fully saturated rings. The predicted molar refractivity (Wildman–Crippen MR) is 374 cm³/mol. The van der Waals surface area contributed by atoms with Gasteiger partial charge in [0.15, 0.2) is 10.7 Å². The maximum Gasteiger partial charge on any atom is 0.340 e. The number of amides is 10. The molecular weight excluding hydrogens is 1350 g/mol. The number of thiocarbonyl (C=S) groups is 1. The number of unbranched alkanes of at least 4 members (excludes halogenated alkanes) is 1. The second-order valence-corrected chi connectivity index (χ2v) is 27.8. The van der Waals surface area contributed by atoms with E-state index < -0.39 is 139 Å². The van der Waals surface area contributed by atoms with E-state index in [1.54, 1.807) is 35.2 Å². The standard InChI is InChI=1S/C72H92N12O18S/c1-42-66(96)84-36-16-20-55(84)69(99)83-35-14-18-53(83)63(93)77-51(28-29-61(91)92)67(97)79(40-58(73)88)31-11-7-5-3-4-6-8-12-32-80(41-60(90)81-33-13-17-52(81)64(94)78-62(43(2)85)65(95)75-42)68(98)54-19-15-34-82(54)59(89)21-9-10-30-74-71(103)76-44-22-25-47-50(37-44)72(102-70(47)100)48-26-23-45(86)38-56(48)101-57-39-46(87)24-27-49(57)72/h6,8,22-27,37-39,42-43,51-55,62,85-87H,3-5,7,9-21,28-36,40-41H2,1-2H3,(H2,73,88)(H,75,95)(H,77,93)(H,78,94)(H,91,92)(H2,74,76,103)/t42-,43+,51-,52-,53-,54-,55-,62-/m0/s1. The van der Waals surface area contributed by atoms with Crippen LogP contribution < -0.4 is 37.1 Å². The molecular formula is C72H92N12O18S. The maximum absolute atomic E-state index is 14.9. The number of esters is 1. The number of carbonyl (C=O) groups is 12. The van der Waals surface area contributed by atoms with E-state index in [1.165, 1.54) is 62.6 Å². The van der Waals surface area contributed by atoms with Crippen LogP contribution in [0.2, 0.25) is 0 Å². The first-order valence-corrected chi connectivity index (χ1v) is 36.0. The van der Waals surface area contributed by atoms with E-state index in [2.05, 4.69) is 26.6 Å². The van der Waals surface area contributed by atoms with E-state index in [1.807, 2.05) is 12.2 Å². The van der Waals surface area contributed by atoms with E-state index in [9.17, 15) is 78.0 Å². The van der Waals surface area contributed by atoms with E-state index in [-0.39, 0.29) is 98.8 Å². The number of aliphatic carboxylic acids is 1. The minimum atomic E-state index is -1.61. The molecule has 0 bridgehead atoms. The van der Waals surface area contributed by atoms with Gasteiger partial charge in [0.05, 0.1) is 24.8 Å². The number of benzene rings is 3. The first-order chi connectivity index (χ1) is 49.3. The second kappa shape index (κ2) is 33.9. The van der Waals surface area contributed by atoms with Gasteiger partial charge in [-0.3, -0.25) is 52.7 Å². The minimum absolute atomic E-state index is 0.0628. The molecule has 7 heterocycles. The number of nitrogens with one attached hydrogen (secondary N) is 5. The van der Waals surface area contributed by atoms with Crippen LogP contribution in [-0.4, -0.2) is 233 Å². The van der Waals surface area contributed by atoms with Gasteiger partial charge in [-0.05, 0) is 165 Å². The molecule has 3 aromatic carbocycles. The molecule has 0 aromatic heterocycles. The number of nitrogens with zero attached hydrogens (tertiary/aromatic N) is 6. The number of anilines is 1. The second-order valence-electron chi connectivity index (χ2n) is 27.4. The Morgan fingerprint density at radius 2 is 1.30 bits per heavy atom. The van der Waals surface area contributed by atoms with Crippen molar-refractivity contribution in [2.75, 3.05) is 64.2 Å². The maximum atomic E-state index is 14.9. The molecule has 0 unspecified atom stereocenters. The third-order valence-electron chi connectivity index (χ3n) is 20.2. The lowest BCUT2D eigenvalue weighted by molar-refractivity contribution is -0.148. The van der Waals surface area contributed by atoms with Gasteiger partial charge in [-0.1, -0.05) is 25.0 Å². The number of likely N-dealkylation sites (tertiary alicyclic amines) is 1. The summed E-state index contributed by atoms with van der Waals surface area (Å²) < 4.78 is 12.3. The number of ether oxygens (including phenoxy) is 2. The number of primary amides is 1. The lowest BCUT2D eigenvalue weighted by atomic mass is 9.77. The van der Waals surface area contributed by atoms with Crippen molar-refractivity contribution in [2.24, 2.45) is 5.73 Å². The quantitative estimate of drug-likeness (QED) is 0.0509. The van der Waals surface area contributed by atoms with Crippen molar-refractivity contribution in [1.82, 2.24) is 50.7 Å². The Morgan fingerprint density at radius 1 is 0.670 bits per heavy atom. The van der Waals surface area contributed by atoms with E-state index >= 15 is 0 Å². The molecule has 0 radical (unpaired) electrons. The summed E-state index contributed by atoms with van der Waals surface area (Å²) in [5.41, 5.74) is 6.31. The molecule has 3 aromatic rings. The summed E-state index contributed by atoms with van der Waals surface area (Å²) in [6.07, 6.45) is 8.56. The number of phenolic OH excluding ortho intramolecular Hbond substituents is 2. The lowest BCUT2D eigenvalue weighted by Gasteiger charge is -2.36. The van der Waals surface area contributed by atoms with Gasteiger partial charge in [0, 0.05) is 93.2 Å². The number of allylic oxidation sites excluding steroid dienone is 1. The molecule has 103 heavy (non-hydrogen) atoms. The van der Waals surface area contributed by atoms with Gasteiger partial charge < -0.3 is 91.6 Å². The molecule has 7 aliphatic rings. The van der Waals surface area contributed by atoms with Crippen LogP contribution in [0, 0.1) is 0 Å². The van der Waals surface area contributed by atoms with E-state index in [0.717, 1.165) is 0 Å². The fourth-order valence-electron chi connectivity index (χ4n) is 15.0. The summed E-state index contributed by atoms with van der Waals surface area (Å²) in [7, 11) is 0. The summed E-state index contributed by atoms with van der Waals surface area (Å²) in [5.74, 6) is -7.92. The Hall–Kier alpha value is -9.91. The molecule has 0 saturated carbocycles. The van der Waals surface area contributed by atoms with Crippen LogP contribution in [0.15, 0.2) is 66.7 Å². The number of nitrogens with two attached hydrogens (primary N) is 1. The predicted octanol–water partition coefficient (Wildman–Crippen LogP) is 2.86. The normalized spacial score (nSPS) is 24.2. The highest BCUT2D eigenvalue weighted by molar-refractivity contribution is 7.80. The molecule has 10 rings (SSSR count). The first-order valence-electron chi connectivity index (χ1n) is 35.6. The number of carbonyl (C=O) groups excluding carboxylic acids is 11. The molecule has 8 atom stereocenters. The zero-order valence-electron chi connectivity index (χ0n) is 57.9. The Bertz CT molecular complexity index is 3760. The highest BCUT2D eigenvalue weighted by Gasteiger charge is 2.54. The van der Waals surface area contributed by atoms with Crippen LogP contribution in [0.1, 0.15) is 163 Å². The van der Waals surface area contributed by atoms with Crippen molar-refractivity contribution in [3.8, 4) is 23.0 Å². The van der Waals surface area contributed by atoms with Gasteiger partial charge in [0.2, 0.25) is 59.1 Å². The molecule has 7 aliphatic heterocycles. The Labute approximate surface area is 601 Å². The van der Waals surface area contributed by atoms with Crippen molar-refractivity contribution in [3.05, 3.63) is 89.0 Å². The molecule has 0 aliphatic carbocycles. The number of aromatic hydroxyl groups is 2. The van der Waals surface area contributed by atoms with Crippen LogP contribution in [0.3, 0.4) is 0 Å². The summed E-state index contributed by atoms with van der Waals surface area (Å²) in [6, 6.07) is 5.59. The molecule has 31 heteroatoms. The molecule has 1 spiro atoms. The van der Waals surface area contributed by atoms with Crippen molar-refractivity contribution < 1.29 is 87.4 Å². The fraction of sp³-hybridized carbons (Fsp3) is 0.542. The van der Waals surface area contributed by atoms with Gasteiger partial charge in [-0.2, -0.15) is 0 Å². The Balaban J connectivity index is 0.790. The third-order valence-corrected chi connectivity index (χ3v) is 20.4. The summed E-state index contributed by atoms with van der Waals surface area (Å²) in [4.78, 5) is 175. The van der Waals surface area contributed by atoms with E-state index in [4.69, 9.17) is 27.4 Å². The zero-order chi connectivity index (χ0) is 73.8. The smallest absolute Gasteiger partial charge is 0.340 e. The average Bonchev–Trinajstić information content (AvgIpc) is 1.60. The number of phenols is 2. The summed E-state index contributed by atoms with van der Waals surface area (Å²) >= 11 is 5.69. The molecule has 11 N–H and O–H groups in total. The number of hydrogen-bond acceptors (Lipinski definition) is 18. The average molecular weight is 1450 g/mol. The molecule has 10 amide bonds. The number of carboxylic acids is 1. The molecule has 4 saturated heterocycles. The summed E-state index contributed by atoms with van der Waals surface area (Å²) in [5, 5.41) is 55.8. The topological polar surface area (TPSA) is 410 Å². The number of rotatable bonds is 13. The van der Waals surface area contributed by atoms with Crippen molar-refractivity contribution in [2.45, 2.75) is 190 Å². The highest BCUT2D eigenvalue weighted by atomic mass is 32.1. The van der Waals surface area contributed by atoms with Crippen molar-refractivity contribution in [1.29, 1.82) is 0 Å². The van der Waals surface area contributed by atoms with Crippen LogP contribution in [0.5, 0.6) is 23.0 Å².